The number of aliphatic imine (C=N–C) groups is 1. The Kier molecular flexibility index (Phi) is 3.74. The number of likely N-dealkylation sites (N-methyl/N-ethyl adjacent to an activating group) is 1. The summed E-state index contributed by atoms with van der Waals surface area (Å²) in [6.45, 7) is 8.30. The highest BCUT2D eigenvalue weighted by molar-refractivity contribution is 6.03. The second-order valence-electron chi connectivity index (χ2n) is 6.89. The fourth-order valence-electron chi connectivity index (χ4n) is 3.64. The number of urea groups is 1. The summed E-state index contributed by atoms with van der Waals surface area (Å²) < 4.78 is 0. The quantitative estimate of drug-likeness (QED) is 0.773. The molecule has 2 saturated heterocycles. The molecule has 0 aromatic heterocycles. The normalized spacial score (nSPS) is 32.3. The molecule has 2 fully saturated rings. The summed E-state index contributed by atoms with van der Waals surface area (Å²) in [6, 6.07) is -0.639. The van der Waals surface area contributed by atoms with Crippen LogP contribution in [0, 0.1) is 5.92 Å². The molecule has 3 atom stereocenters. The Morgan fingerprint density at radius 2 is 2.05 bits per heavy atom. The highest BCUT2D eigenvalue weighted by Gasteiger charge is 2.50. The van der Waals surface area contributed by atoms with E-state index in [1.807, 2.05) is 0 Å². The number of guanidine groups is 1. The Hall–Kier alpha value is -1.79. The number of fused-ring (bicyclic) bond motifs is 1. The summed E-state index contributed by atoms with van der Waals surface area (Å²) in [6.07, 6.45) is 1.95. The topological polar surface area (TPSA) is 68.2 Å². The van der Waals surface area contributed by atoms with Crippen molar-refractivity contribution >= 4 is 17.9 Å². The molecule has 1 N–H and O–H groups in total. The summed E-state index contributed by atoms with van der Waals surface area (Å²) in [5.74, 6) is 1.25. The van der Waals surface area contributed by atoms with Crippen LogP contribution in [0.4, 0.5) is 4.79 Å². The van der Waals surface area contributed by atoms with Gasteiger partial charge in [0, 0.05) is 26.2 Å². The lowest BCUT2D eigenvalue weighted by atomic mass is 10.0. The average molecular weight is 307 g/mol. The van der Waals surface area contributed by atoms with Gasteiger partial charge in [-0.1, -0.05) is 6.92 Å². The number of nitrogens with zero attached hydrogens (tertiary/aromatic N) is 4. The Balaban J connectivity index is 1.93. The van der Waals surface area contributed by atoms with Gasteiger partial charge in [-0.05, 0) is 32.6 Å². The van der Waals surface area contributed by atoms with Gasteiger partial charge in [0.2, 0.25) is 0 Å². The van der Waals surface area contributed by atoms with Crippen LogP contribution >= 0.6 is 0 Å². The molecule has 0 radical (unpaired) electrons. The van der Waals surface area contributed by atoms with Gasteiger partial charge in [-0.2, -0.15) is 0 Å². The predicted molar refractivity (Wildman–Crippen MR) is 83.3 cm³/mol. The molecular weight excluding hydrogens is 282 g/mol. The van der Waals surface area contributed by atoms with Crippen molar-refractivity contribution in [1.29, 1.82) is 0 Å². The van der Waals surface area contributed by atoms with E-state index in [-0.39, 0.29) is 18.0 Å². The van der Waals surface area contributed by atoms with Crippen LogP contribution in [0.15, 0.2) is 4.99 Å². The molecule has 3 unspecified atom stereocenters. The van der Waals surface area contributed by atoms with Crippen LogP contribution in [0.25, 0.3) is 0 Å². The maximum absolute atomic E-state index is 12.3. The van der Waals surface area contributed by atoms with Gasteiger partial charge in [0.1, 0.15) is 0 Å². The van der Waals surface area contributed by atoms with Crippen molar-refractivity contribution in [3.8, 4) is 0 Å². The van der Waals surface area contributed by atoms with Gasteiger partial charge in [0.05, 0.1) is 0 Å². The van der Waals surface area contributed by atoms with Gasteiger partial charge < -0.3 is 14.7 Å². The maximum atomic E-state index is 12.3. The average Bonchev–Trinajstić information content (AvgIpc) is 2.86. The van der Waals surface area contributed by atoms with Crippen LogP contribution in [-0.2, 0) is 4.79 Å². The van der Waals surface area contributed by atoms with Crippen LogP contribution in [0.5, 0.6) is 0 Å². The van der Waals surface area contributed by atoms with Crippen molar-refractivity contribution in [3.05, 3.63) is 0 Å². The molecule has 3 aliphatic heterocycles. The van der Waals surface area contributed by atoms with Gasteiger partial charge in [0.25, 0.3) is 5.91 Å². The lowest BCUT2D eigenvalue weighted by molar-refractivity contribution is -0.127. The summed E-state index contributed by atoms with van der Waals surface area (Å²) in [5, 5.41) is 2.43. The molecule has 3 rings (SSSR count). The zero-order chi connectivity index (χ0) is 16.0. The molecule has 122 valence electrons. The summed E-state index contributed by atoms with van der Waals surface area (Å²) in [4.78, 5) is 34.8. The van der Waals surface area contributed by atoms with Crippen LogP contribution in [0.1, 0.15) is 33.6 Å². The van der Waals surface area contributed by atoms with E-state index in [0.29, 0.717) is 5.92 Å². The van der Waals surface area contributed by atoms with Crippen LogP contribution in [0.3, 0.4) is 0 Å². The zero-order valence-electron chi connectivity index (χ0n) is 13.7. The van der Waals surface area contributed by atoms with E-state index < -0.39 is 12.2 Å². The van der Waals surface area contributed by atoms with E-state index in [2.05, 4.69) is 35.9 Å². The van der Waals surface area contributed by atoms with E-state index >= 15 is 0 Å². The Labute approximate surface area is 131 Å². The number of hydrogen-bond donors (Lipinski definition) is 1. The zero-order valence-corrected chi connectivity index (χ0v) is 13.7. The van der Waals surface area contributed by atoms with E-state index in [4.69, 9.17) is 4.99 Å². The van der Waals surface area contributed by atoms with Crippen LogP contribution < -0.4 is 5.32 Å². The summed E-state index contributed by atoms with van der Waals surface area (Å²) >= 11 is 0. The molecule has 0 aromatic rings. The fraction of sp³-hybridized carbons (Fsp3) is 0.800. The minimum absolute atomic E-state index is 0.151. The largest absolute Gasteiger partial charge is 0.342 e. The number of imide groups is 1. The third-order valence-electron chi connectivity index (χ3n) is 4.77. The first-order chi connectivity index (χ1) is 10.4. The number of amides is 3. The first-order valence-electron chi connectivity index (χ1n) is 8.09. The number of nitrogens with one attached hydrogen (secondary N) is 1. The van der Waals surface area contributed by atoms with Gasteiger partial charge in [-0.25, -0.2) is 9.79 Å². The van der Waals surface area contributed by atoms with Crippen molar-refractivity contribution in [2.45, 2.75) is 51.9 Å². The maximum Gasteiger partial charge on any atom is 0.325 e. The predicted octanol–water partition coefficient (Wildman–Crippen LogP) is 0.675. The van der Waals surface area contributed by atoms with Gasteiger partial charge in [-0.3, -0.25) is 10.1 Å². The highest BCUT2D eigenvalue weighted by Crippen LogP contribution is 2.29. The van der Waals surface area contributed by atoms with Crippen molar-refractivity contribution < 1.29 is 9.59 Å². The molecule has 0 bridgehead atoms. The molecule has 7 nitrogen and oxygen atoms in total. The minimum Gasteiger partial charge on any atom is -0.342 e. The van der Waals surface area contributed by atoms with E-state index in [9.17, 15) is 9.59 Å². The molecule has 7 heteroatoms. The molecule has 0 aliphatic carbocycles. The molecule has 3 heterocycles. The monoisotopic (exact) mass is 307 g/mol. The Morgan fingerprint density at radius 1 is 1.32 bits per heavy atom. The second kappa shape index (κ2) is 5.44. The molecule has 0 aromatic carbocycles. The standard InChI is InChI=1S/C15H25N5O2/c1-9(2)20-11-12(18(4)15(22)17-13(11)21)16-14(20)19-7-5-6-10(3)8-19/h9-12H,5-8H2,1-4H3,(H,17,21,22). The number of carbonyl (C=O) groups is 2. The van der Waals surface area contributed by atoms with Gasteiger partial charge in [-0.15, -0.1) is 0 Å². The number of carbonyl (C=O) groups excluding carboxylic acids is 2. The van der Waals surface area contributed by atoms with E-state index in [1.165, 1.54) is 11.3 Å². The lowest BCUT2D eigenvalue weighted by Gasteiger charge is -2.41. The molecule has 0 saturated carbocycles. The molecule has 3 amide bonds. The minimum atomic E-state index is -0.421. The number of rotatable bonds is 1. The SMILES string of the molecule is CC1CCCN(C2=NC3C(C(=O)NC(=O)N3C)N2C(C)C)C1. The Bertz CT molecular complexity index is 518. The van der Waals surface area contributed by atoms with Gasteiger partial charge >= 0.3 is 6.03 Å². The van der Waals surface area contributed by atoms with E-state index in [0.717, 1.165) is 25.5 Å². The fourth-order valence-corrected chi connectivity index (χ4v) is 3.64. The summed E-state index contributed by atoms with van der Waals surface area (Å²) in [5.41, 5.74) is 0. The smallest absolute Gasteiger partial charge is 0.325 e. The molecule has 0 spiro atoms. The molecule has 22 heavy (non-hydrogen) atoms. The van der Waals surface area contributed by atoms with E-state index in [1.54, 1.807) is 7.05 Å². The number of likely N-dealkylation sites (tertiary alicyclic amines) is 1. The van der Waals surface area contributed by atoms with Crippen LogP contribution in [0.2, 0.25) is 0 Å². The first-order valence-corrected chi connectivity index (χ1v) is 8.09. The number of hydrogen-bond acceptors (Lipinski definition) is 5. The van der Waals surface area contributed by atoms with Crippen molar-refractivity contribution in [2.24, 2.45) is 10.9 Å². The molecule has 3 aliphatic rings. The second-order valence-corrected chi connectivity index (χ2v) is 6.89. The number of piperidine rings is 1. The molecular formula is C15H25N5O2. The Morgan fingerprint density at radius 3 is 2.68 bits per heavy atom. The van der Waals surface area contributed by atoms with Crippen LogP contribution in [-0.4, -0.2) is 71.0 Å². The van der Waals surface area contributed by atoms with Crippen molar-refractivity contribution in [2.75, 3.05) is 20.1 Å². The summed E-state index contributed by atoms with van der Waals surface area (Å²) in [7, 11) is 1.70. The van der Waals surface area contributed by atoms with Crippen molar-refractivity contribution in [1.82, 2.24) is 20.0 Å². The van der Waals surface area contributed by atoms with Gasteiger partial charge in [0.15, 0.2) is 18.2 Å². The lowest BCUT2D eigenvalue weighted by Crippen LogP contribution is -2.65. The van der Waals surface area contributed by atoms with Crippen molar-refractivity contribution in [3.63, 3.8) is 0 Å². The highest BCUT2D eigenvalue weighted by atomic mass is 16.2. The first kappa shape index (κ1) is 15.1. The third-order valence-corrected chi connectivity index (χ3v) is 4.77. The third kappa shape index (κ3) is 2.32.